The Morgan fingerprint density at radius 3 is 2.38 bits per heavy atom. The maximum atomic E-state index is 13.2. The summed E-state index contributed by atoms with van der Waals surface area (Å²) in [5.74, 6) is -0.775. The molecule has 2 aromatic carbocycles. The van der Waals surface area contributed by atoms with Crippen LogP contribution in [-0.2, 0) is 10.0 Å². The van der Waals surface area contributed by atoms with Gasteiger partial charge >= 0.3 is 6.61 Å². The van der Waals surface area contributed by atoms with Crippen molar-refractivity contribution in [3.63, 3.8) is 0 Å². The van der Waals surface area contributed by atoms with Gasteiger partial charge in [-0.05, 0) is 18.2 Å². The van der Waals surface area contributed by atoms with Crippen LogP contribution in [0.1, 0.15) is 0 Å². The molecule has 1 N–H and O–H groups in total. The van der Waals surface area contributed by atoms with Crippen LogP contribution in [0, 0.1) is 0 Å². The molecule has 0 aliphatic heterocycles. The van der Waals surface area contributed by atoms with Crippen LogP contribution in [0.3, 0.4) is 0 Å². The molecule has 0 saturated carbocycles. The SMILES string of the molecule is COc1cccc(OC)c1S(=O)(=O)Nc1noc2cc(Oc3cccnn3)cc(OC(F)F)c12. The molecule has 178 valence electrons. The van der Waals surface area contributed by atoms with Crippen molar-refractivity contribution in [2.45, 2.75) is 11.5 Å². The maximum absolute atomic E-state index is 13.2. The van der Waals surface area contributed by atoms with Crippen LogP contribution >= 0.6 is 0 Å². The van der Waals surface area contributed by atoms with E-state index < -0.39 is 28.2 Å². The molecule has 0 atom stereocenters. The van der Waals surface area contributed by atoms with Crippen LogP contribution in [-0.4, -0.2) is 44.6 Å². The first-order valence-electron chi connectivity index (χ1n) is 9.40. The number of halogens is 2. The number of hydrogen-bond acceptors (Lipinski definition) is 10. The van der Waals surface area contributed by atoms with E-state index in [1.807, 2.05) is 0 Å². The first-order chi connectivity index (χ1) is 16.3. The lowest BCUT2D eigenvalue weighted by atomic mass is 10.2. The quantitative estimate of drug-likeness (QED) is 0.366. The monoisotopic (exact) mass is 494 g/mol. The van der Waals surface area contributed by atoms with Gasteiger partial charge in [-0.2, -0.15) is 13.9 Å². The standard InChI is InChI=1S/C20H16F2N4O7S/c1-29-12-5-3-6-13(30-2)18(12)34(27,28)26-19-17-14(32-20(21)22)9-11(10-15(17)33-25-19)31-16-7-4-8-23-24-16/h3-10,20H,1-2H3,(H,25,26). The van der Waals surface area contributed by atoms with Gasteiger partial charge in [0, 0.05) is 24.4 Å². The number of fused-ring (bicyclic) bond motifs is 1. The largest absolute Gasteiger partial charge is 0.495 e. The average Bonchev–Trinajstić information content (AvgIpc) is 3.20. The fraction of sp³-hybridized carbons (Fsp3) is 0.150. The number of ether oxygens (including phenoxy) is 4. The summed E-state index contributed by atoms with van der Waals surface area (Å²) >= 11 is 0. The zero-order valence-electron chi connectivity index (χ0n) is 17.6. The Bertz CT molecular complexity index is 1390. The van der Waals surface area contributed by atoms with E-state index in [1.54, 1.807) is 6.07 Å². The van der Waals surface area contributed by atoms with Crippen molar-refractivity contribution in [2.75, 3.05) is 18.9 Å². The Balaban J connectivity index is 1.78. The van der Waals surface area contributed by atoms with Gasteiger partial charge in [-0.3, -0.25) is 4.72 Å². The minimum Gasteiger partial charge on any atom is -0.495 e. The topological polar surface area (TPSA) is 135 Å². The van der Waals surface area contributed by atoms with E-state index in [0.717, 1.165) is 6.07 Å². The predicted molar refractivity (Wildman–Crippen MR) is 113 cm³/mol. The highest BCUT2D eigenvalue weighted by Crippen LogP contribution is 2.40. The average molecular weight is 494 g/mol. The minimum atomic E-state index is -4.38. The first-order valence-corrected chi connectivity index (χ1v) is 10.9. The molecule has 0 unspecified atom stereocenters. The molecule has 11 nitrogen and oxygen atoms in total. The highest BCUT2D eigenvalue weighted by atomic mass is 32.2. The molecule has 2 heterocycles. The van der Waals surface area contributed by atoms with Crippen molar-refractivity contribution < 1.29 is 40.7 Å². The van der Waals surface area contributed by atoms with Gasteiger partial charge in [0.2, 0.25) is 5.88 Å². The highest BCUT2D eigenvalue weighted by molar-refractivity contribution is 7.93. The second kappa shape index (κ2) is 9.35. The van der Waals surface area contributed by atoms with E-state index in [9.17, 15) is 17.2 Å². The van der Waals surface area contributed by atoms with Gasteiger partial charge < -0.3 is 23.5 Å². The normalized spacial score (nSPS) is 11.4. The van der Waals surface area contributed by atoms with Crippen molar-refractivity contribution in [2.24, 2.45) is 0 Å². The molecule has 0 fully saturated rings. The molecular weight excluding hydrogens is 478 g/mol. The molecule has 0 aliphatic rings. The lowest BCUT2D eigenvalue weighted by Gasteiger charge is -2.14. The molecule has 0 saturated heterocycles. The summed E-state index contributed by atoms with van der Waals surface area (Å²) in [5, 5.41) is 10.9. The molecule has 0 bridgehead atoms. The number of alkyl halides is 2. The number of methoxy groups -OCH3 is 2. The van der Waals surface area contributed by atoms with Crippen molar-refractivity contribution >= 4 is 26.8 Å². The van der Waals surface area contributed by atoms with Gasteiger partial charge in [0.1, 0.15) is 28.4 Å². The van der Waals surface area contributed by atoms with Gasteiger partial charge in [0.25, 0.3) is 10.0 Å². The van der Waals surface area contributed by atoms with Crippen LogP contribution in [0.4, 0.5) is 14.6 Å². The van der Waals surface area contributed by atoms with Gasteiger partial charge in [-0.25, -0.2) is 8.42 Å². The number of anilines is 1. The lowest BCUT2D eigenvalue weighted by Crippen LogP contribution is -2.16. The van der Waals surface area contributed by atoms with E-state index in [-0.39, 0.29) is 39.0 Å². The lowest BCUT2D eigenvalue weighted by molar-refractivity contribution is -0.0488. The Hall–Kier alpha value is -4.20. The Morgan fingerprint density at radius 2 is 1.76 bits per heavy atom. The second-order valence-electron chi connectivity index (χ2n) is 6.47. The number of rotatable bonds is 9. The third-order valence-corrected chi connectivity index (χ3v) is 5.78. The summed E-state index contributed by atoms with van der Waals surface area (Å²) in [5.41, 5.74) is -0.0956. The fourth-order valence-corrected chi connectivity index (χ4v) is 4.38. The van der Waals surface area contributed by atoms with Crippen LogP contribution < -0.4 is 23.7 Å². The third kappa shape index (κ3) is 4.61. The summed E-state index contributed by atoms with van der Waals surface area (Å²) in [4.78, 5) is -0.324. The summed E-state index contributed by atoms with van der Waals surface area (Å²) in [6.07, 6.45) is 1.42. The van der Waals surface area contributed by atoms with Crippen molar-refractivity contribution in [3.05, 3.63) is 48.7 Å². The smallest absolute Gasteiger partial charge is 0.387 e. The van der Waals surface area contributed by atoms with E-state index in [4.69, 9.17) is 18.7 Å². The number of sulfonamides is 1. The summed E-state index contributed by atoms with van der Waals surface area (Å²) in [6, 6.07) is 9.84. The molecule has 14 heteroatoms. The first kappa shape index (κ1) is 23.0. The number of benzene rings is 2. The van der Waals surface area contributed by atoms with Gasteiger partial charge in [0.15, 0.2) is 16.3 Å². The van der Waals surface area contributed by atoms with E-state index in [0.29, 0.717) is 0 Å². The zero-order valence-corrected chi connectivity index (χ0v) is 18.4. The maximum Gasteiger partial charge on any atom is 0.387 e. The van der Waals surface area contributed by atoms with Gasteiger partial charge in [-0.15, -0.1) is 5.10 Å². The second-order valence-corrected chi connectivity index (χ2v) is 8.08. The molecule has 0 spiro atoms. The van der Waals surface area contributed by atoms with Crippen LogP contribution in [0.15, 0.2) is 58.1 Å². The fourth-order valence-electron chi connectivity index (χ4n) is 3.05. The Morgan fingerprint density at radius 1 is 1.03 bits per heavy atom. The molecule has 0 radical (unpaired) electrons. The number of nitrogens with zero attached hydrogens (tertiary/aromatic N) is 3. The van der Waals surface area contributed by atoms with E-state index in [2.05, 4.69) is 24.8 Å². The molecule has 4 rings (SSSR count). The van der Waals surface area contributed by atoms with Crippen molar-refractivity contribution in [1.29, 1.82) is 0 Å². The van der Waals surface area contributed by atoms with Crippen LogP contribution in [0.25, 0.3) is 11.0 Å². The van der Waals surface area contributed by atoms with E-state index >= 15 is 0 Å². The van der Waals surface area contributed by atoms with Crippen molar-refractivity contribution in [1.82, 2.24) is 15.4 Å². The molecule has 2 aromatic heterocycles. The Kier molecular flexibility index (Phi) is 6.32. The molecule has 34 heavy (non-hydrogen) atoms. The number of aromatic nitrogens is 3. The number of hydrogen-bond donors (Lipinski definition) is 1. The summed E-state index contributed by atoms with van der Waals surface area (Å²) in [7, 11) is -1.81. The predicted octanol–water partition coefficient (Wildman–Crippen LogP) is 3.83. The van der Waals surface area contributed by atoms with Crippen LogP contribution in [0.2, 0.25) is 0 Å². The zero-order chi connectivity index (χ0) is 24.3. The van der Waals surface area contributed by atoms with Gasteiger partial charge in [-0.1, -0.05) is 11.2 Å². The number of nitrogens with one attached hydrogen (secondary N) is 1. The summed E-state index contributed by atoms with van der Waals surface area (Å²) < 4.78 is 80.3. The highest BCUT2D eigenvalue weighted by Gasteiger charge is 2.28. The Labute approximate surface area is 191 Å². The molecular formula is C20H16F2N4O7S. The van der Waals surface area contributed by atoms with E-state index in [1.165, 1.54) is 50.7 Å². The minimum absolute atomic E-state index is 0.0108. The van der Waals surface area contributed by atoms with Crippen molar-refractivity contribution in [3.8, 4) is 28.9 Å². The van der Waals surface area contributed by atoms with Crippen LogP contribution in [0.5, 0.6) is 28.9 Å². The van der Waals surface area contributed by atoms with Gasteiger partial charge in [0.05, 0.1) is 14.2 Å². The summed E-state index contributed by atoms with van der Waals surface area (Å²) in [6.45, 7) is -3.23. The molecule has 0 aliphatic carbocycles. The molecule has 4 aromatic rings. The molecule has 0 amide bonds. The third-order valence-electron chi connectivity index (χ3n) is 4.38.